The Hall–Kier alpha value is -1.26. The lowest BCUT2D eigenvalue weighted by molar-refractivity contribution is -0.131. The van der Waals surface area contributed by atoms with Crippen LogP contribution in [-0.4, -0.2) is 42.2 Å². The molecule has 1 aliphatic heterocycles. The zero-order chi connectivity index (χ0) is 10.4. The van der Waals surface area contributed by atoms with Crippen molar-refractivity contribution in [1.82, 2.24) is 4.90 Å². The third-order valence-electron chi connectivity index (χ3n) is 2.40. The molecule has 78 valence electrons. The van der Waals surface area contributed by atoms with E-state index in [2.05, 4.69) is 10.0 Å². The van der Waals surface area contributed by atoms with Crippen molar-refractivity contribution in [2.45, 2.75) is 12.8 Å². The minimum atomic E-state index is -0.152. The average Bonchev–Trinajstić information content (AvgIpc) is 2.26. The van der Waals surface area contributed by atoms with Crippen molar-refractivity contribution < 1.29 is 9.90 Å². The van der Waals surface area contributed by atoms with Gasteiger partial charge in [-0.2, -0.15) is 0 Å². The zero-order valence-electron chi connectivity index (χ0n) is 7.96. The van der Waals surface area contributed by atoms with Crippen LogP contribution in [0.2, 0.25) is 0 Å². The Bertz CT molecular complexity index is 250. The summed E-state index contributed by atoms with van der Waals surface area (Å²) in [6, 6.07) is 0. The van der Waals surface area contributed by atoms with Gasteiger partial charge in [-0.15, -0.1) is 0 Å². The molecule has 6 nitrogen and oxygen atoms in total. The van der Waals surface area contributed by atoms with Gasteiger partial charge in [-0.1, -0.05) is 5.11 Å². The number of carbonyl (C=O) groups excluding carboxylic acids is 1. The first-order valence-electron chi connectivity index (χ1n) is 4.67. The molecule has 0 aromatic carbocycles. The second-order valence-electron chi connectivity index (χ2n) is 3.42. The molecule has 1 N–H and O–H groups in total. The van der Waals surface area contributed by atoms with Crippen molar-refractivity contribution >= 4 is 5.91 Å². The van der Waals surface area contributed by atoms with E-state index >= 15 is 0 Å². The third-order valence-corrected chi connectivity index (χ3v) is 2.40. The summed E-state index contributed by atoms with van der Waals surface area (Å²) in [4.78, 5) is 15.6. The van der Waals surface area contributed by atoms with Crippen molar-refractivity contribution in [2.24, 2.45) is 11.0 Å². The van der Waals surface area contributed by atoms with E-state index in [4.69, 9.17) is 10.6 Å². The molecule has 0 aromatic rings. The van der Waals surface area contributed by atoms with Gasteiger partial charge < -0.3 is 10.0 Å². The molecular formula is C8H14N4O2. The summed E-state index contributed by atoms with van der Waals surface area (Å²) in [6.07, 6.45) is 1.87. The number of piperidine rings is 1. The maximum atomic E-state index is 11.4. The molecule has 1 unspecified atom stereocenters. The number of rotatable bonds is 3. The molecule has 0 radical (unpaired) electrons. The molecule has 1 atom stereocenters. The SMILES string of the molecule is [N-]=[N+]=NCC(=O)N1CCCC(CO)C1. The minimum absolute atomic E-state index is 0.116. The first-order chi connectivity index (χ1) is 6.77. The van der Waals surface area contributed by atoms with E-state index in [1.54, 1.807) is 4.90 Å². The lowest BCUT2D eigenvalue weighted by Crippen LogP contribution is -2.41. The summed E-state index contributed by atoms with van der Waals surface area (Å²) in [5, 5.41) is 12.2. The highest BCUT2D eigenvalue weighted by molar-refractivity contribution is 5.78. The van der Waals surface area contributed by atoms with Crippen molar-refractivity contribution in [1.29, 1.82) is 0 Å². The van der Waals surface area contributed by atoms with Gasteiger partial charge in [0, 0.05) is 24.6 Å². The largest absolute Gasteiger partial charge is 0.396 e. The highest BCUT2D eigenvalue weighted by Crippen LogP contribution is 2.15. The van der Waals surface area contributed by atoms with E-state index in [1.807, 2.05) is 0 Å². The van der Waals surface area contributed by atoms with Crippen molar-refractivity contribution in [3.8, 4) is 0 Å². The number of likely N-dealkylation sites (tertiary alicyclic amines) is 1. The minimum Gasteiger partial charge on any atom is -0.396 e. The number of hydrogen-bond acceptors (Lipinski definition) is 3. The average molecular weight is 198 g/mol. The Morgan fingerprint density at radius 2 is 2.50 bits per heavy atom. The molecule has 1 fully saturated rings. The van der Waals surface area contributed by atoms with E-state index < -0.39 is 0 Å². The molecule has 1 aliphatic rings. The molecule has 1 saturated heterocycles. The predicted molar refractivity (Wildman–Crippen MR) is 50.4 cm³/mol. The van der Waals surface area contributed by atoms with Gasteiger partial charge in [0.05, 0.1) is 0 Å². The monoisotopic (exact) mass is 198 g/mol. The number of aliphatic hydroxyl groups is 1. The lowest BCUT2D eigenvalue weighted by Gasteiger charge is -2.31. The molecule has 6 heteroatoms. The van der Waals surface area contributed by atoms with Crippen LogP contribution in [-0.2, 0) is 4.79 Å². The summed E-state index contributed by atoms with van der Waals surface area (Å²) < 4.78 is 0. The van der Waals surface area contributed by atoms with E-state index in [0.717, 1.165) is 12.8 Å². The molecule has 0 aromatic heterocycles. The number of hydrogen-bond donors (Lipinski definition) is 1. The Labute approximate surface area is 82.1 Å². The van der Waals surface area contributed by atoms with Crippen LogP contribution in [0.1, 0.15) is 12.8 Å². The highest BCUT2D eigenvalue weighted by Gasteiger charge is 2.22. The van der Waals surface area contributed by atoms with Gasteiger partial charge >= 0.3 is 0 Å². The van der Waals surface area contributed by atoms with Crippen molar-refractivity contribution in [2.75, 3.05) is 26.2 Å². The van der Waals surface area contributed by atoms with Crippen molar-refractivity contribution in [3.05, 3.63) is 10.4 Å². The van der Waals surface area contributed by atoms with Gasteiger partial charge in [0.2, 0.25) is 5.91 Å². The van der Waals surface area contributed by atoms with E-state index in [1.165, 1.54) is 0 Å². The van der Waals surface area contributed by atoms with Crippen LogP contribution in [0.25, 0.3) is 10.4 Å². The number of nitrogens with zero attached hydrogens (tertiary/aromatic N) is 4. The smallest absolute Gasteiger partial charge is 0.228 e. The molecule has 14 heavy (non-hydrogen) atoms. The molecule has 1 amide bonds. The zero-order valence-corrected chi connectivity index (χ0v) is 7.96. The fourth-order valence-electron chi connectivity index (χ4n) is 1.63. The van der Waals surface area contributed by atoms with Crippen LogP contribution in [0.15, 0.2) is 5.11 Å². The van der Waals surface area contributed by atoms with Gasteiger partial charge in [-0.3, -0.25) is 4.79 Å². The van der Waals surface area contributed by atoms with E-state index in [0.29, 0.717) is 13.1 Å². The fraction of sp³-hybridized carbons (Fsp3) is 0.875. The predicted octanol–water partition coefficient (Wildman–Crippen LogP) is 0.528. The Morgan fingerprint density at radius 3 is 3.14 bits per heavy atom. The van der Waals surface area contributed by atoms with Crippen LogP contribution >= 0.6 is 0 Å². The first kappa shape index (κ1) is 10.8. The second-order valence-corrected chi connectivity index (χ2v) is 3.42. The molecule has 0 aliphatic carbocycles. The summed E-state index contributed by atoms with van der Waals surface area (Å²) in [6.45, 7) is 1.28. The maximum Gasteiger partial charge on any atom is 0.228 e. The third kappa shape index (κ3) is 2.90. The van der Waals surface area contributed by atoms with Gasteiger partial charge in [0.25, 0.3) is 0 Å². The number of carbonyl (C=O) groups is 1. The topological polar surface area (TPSA) is 89.3 Å². The maximum absolute atomic E-state index is 11.4. The number of azide groups is 1. The number of amides is 1. The van der Waals surface area contributed by atoms with Gasteiger partial charge in [0.15, 0.2) is 0 Å². The van der Waals surface area contributed by atoms with Crippen LogP contribution in [0, 0.1) is 5.92 Å². The fourth-order valence-corrected chi connectivity index (χ4v) is 1.63. The van der Waals surface area contributed by atoms with Gasteiger partial charge in [-0.25, -0.2) is 0 Å². The summed E-state index contributed by atoms with van der Waals surface area (Å²) in [7, 11) is 0. The molecule has 0 saturated carbocycles. The first-order valence-corrected chi connectivity index (χ1v) is 4.67. The molecule has 0 spiro atoms. The number of aliphatic hydroxyl groups excluding tert-OH is 1. The van der Waals surface area contributed by atoms with Crippen LogP contribution in [0.5, 0.6) is 0 Å². The summed E-state index contributed by atoms with van der Waals surface area (Å²) in [5.41, 5.74) is 8.06. The van der Waals surface area contributed by atoms with Crippen LogP contribution < -0.4 is 0 Å². The molecule has 1 rings (SSSR count). The Morgan fingerprint density at radius 1 is 1.71 bits per heavy atom. The molecule has 1 heterocycles. The van der Waals surface area contributed by atoms with Gasteiger partial charge in [0.1, 0.15) is 6.54 Å². The molecular weight excluding hydrogens is 184 g/mol. The van der Waals surface area contributed by atoms with Gasteiger partial charge in [-0.05, 0) is 24.3 Å². The summed E-state index contributed by atoms with van der Waals surface area (Å²) in [5.74, 6) is 0.0275. The highest BCUT2D eigenvalue weighted by atomic mass is 16.3. The van der Waals surface area contributed by atoms with E-state index in [-0.39, 0.29) is 25.0 Å². The van der Waals surface area contributed by atoms with Crippen molar-refractivity contribution in [3.63, 3.8) is 0 Å². The Balaban J connectivity index is 2.42. The van der Waals surface area contributed by atoms with Crippen LogP contribution in [0.4, 0.5) is 0 Å². The normalized spacial score (nSPS) is 21.5. The second kappa shape index (κ2) is 5.47. The lowest BCUT2D eigenvalue weighted by atomic mass is 9.99. The molecule has 0 bridgehead atoms. The standard InChI is InChI=1S/C8H14N4O2/c9-11-10-4-8(14)12-3-1-2-7(5-12)6-13/h7,13H,1-6H2. The van der Waals surface area contributed by atoms with Crippen LogP contribution in [0.3, 0.4) is 0 Å². The van der Waals surface area contributed by atoms with E-state index in [9.17, 15) is 4.79 Å². The summed E-state index contributed by atoms with van der Waals surface area (Å²) >= 11 is 0. The quantitative estimate of drug-likeness (QED) is 0.407. The Kier molecular flexibility index (Phi) is 4.22.